The highest BCUT2D eigenvalue weighted by Crippen LogP contribution is 2.03. The first-order chi connectivity index (χ1) is 4.59. The molecule has 4 heteroatoms. The van der Waals surface area contributed by atoms with Crippen LogP contribution in [-0.4, -0.2) is 48.6 Å². The third-order valence-electron chi connectivity index (χ3n) is 1.04. The second kappa shape index (κ2) is 6.80. The van der Waals surface area contributed by atoms with Crippen molar-refractivity contribution in [2.45, 2.75) is 6.92 Å². The summed E-state index contributed by atoms with van der Waals surface area (Å²) in [6.07, 6.45) is 0. The smallest absolute Gasteiger partial charge is 0.307 e. The summed E-state index contributed by atoms with van der Waals surface area (Å²) in [5.41, 5.74) is 0. The zero-order valence-electron chi connectivity index (χ0n) is 7.89. The van der Waals surface area contributed by atoms with Gasteiger partial charge in [-0.25, -0.2) is 0 Å². The molecule has 0 saturated carbocycles. The van der Waals surface area contributed by atoms with E-state index in [0.29, 0.717) is 0 Å². The number of hydrogen-bond acceptors (Lipinski definition) is 1. The van der Waals surface area contributed by atoms with Crippen molar-refractivity contribution in [3.8, 4) is 0 Å². The van der Waals surface area contributed by atoms with E-state index in [1.807, 2.05) is 11.8 Å². The minimum absolute atomic E-state index is 0. The average Bonchev–Trinajstić information content (AvgIpc) is 1.81. The Hall–Kier alpha value is 0.110. The fourth-order valence-corrected chi connectivity index (χ4v) is 1.56. The summed E-state index contributed by atoms with van der Waals surface area (Å²) >= 11 is 1.86. The molecule has 2 nitrogen and oxygen atoms in total. The molecule has 11 heavy (non-hydrogen) atoms. The van der Waals surface area contributed by atoms with Gasteiger partial charge in [0.2, 0.25) is 0 Å². The Bertz CT molecular complexity index is 130. The number of hydrogen-bond donors (Lipinski definition) is 0. The van der Waals surface area contributed by atoms with Gasteiger partial charge in [0.15, 0.2) is 0 Å². The van der Waals surface area contributed by atoms with Gasteiger partial charge in [-0.15, -0.1) is 0 Å². The van der Waals surface area contributed by atoms with Gasteiger partial charge in [0.25, 0.3) is 0 Å². The molecule has 0 heterocycles. The Morgan fingerprint density at radius 1 is 1.36 bits per heavy atom. The minimum atomic E-state index is 0. The van der Waals surface area contributed by atoms with Gasteiger partial charge in [0, 0.05) is 5.75 Å². The molecule has 68 valence electrons. The van der Waals surface area contributed by atoms with E-state index in [2.05, 4.69) is 44.6 Å². The largest absolute Gasteiger partial charge is 1.00 e. The van der Waals surface area contributed by atoms with Crippen LogP contribution in [-0.2, 0) is 0 Å². The first-order valence-corrected chi connectivity index (χ1v) is 4.42. The first-order valence-electron chi connectivity index (χ1n) is 3.44. The average molecular weight is 197 g/mol. The third kappa shape index (κ3) is 5.39. The van der Waals surface area contributed by atoms with Crippen LogP contribution < -0.4 is 12.4 Å². The van der Waals surface area contributed by atoms with Gasteiger partial charge in [-0.3, -0.25) is 9.48 Å². The van der Waals surface area contributed by atoms with Gasteiger partial charge in [-0.05, 0) is 11.8 Å². The summed E-state index contributed by atoms with van der Waals surface area (Å²) in [6, 6.07) is 0. The van der Waals surface area contributed by atoms with Crippen molar-refractivity contribution in [1.29, 1.82) is 0 Å². The fourth-order valence-electron chi connectivity index (χ4n) is 0.787. The van der Waals surface area contributed by atoms with Crippen molar-refractivity contribution in [3.05, 3.63) is 0 Å². The van der Waals surface area contributed by atoms with Crippen LogP contribution in [0, 0.1) is 0 Å². The van der Waals surface area contributed by atoms with E-state index in [0.717, 1.165) is 5.75 Å². The van der Waals surface area contributed by atoms with Gasteiger partial charge in [0.1, 0.15) is 0 Å². The molecule has 0 rings (SSSR count). The van der Waals surface area contributed by atoms with Crippen LogP contribution in [0.1, 0.15) is 6.92 Å². The summed E-state index contributed by atoms with van der Waals surface area (Å²) in [5, 5.41) is 1.31. The molecule has 0 amide bonds. The predicted octanol–water partition coefficient (Wildman–Crippen LogP) is -2.07. The lowest BCUT2D eigenvalue weighted by atomic mass is 10.9. The summed E-state index contributed by atoms with van der Waals surface area (Å²) in [4.78, 5) is 2.13. The molecule has 0 atom stereocenters. The Balaban J connectivity index is 0. The van der Waals surface area contributed by atoms with Crippen LogP contribution in [0.3, 0.4) is 0 Å². The topological polar surface area (TPSA) is 6.25 Å². The first kappa shape index (κ1) is 13.7. The van der Waals surface area contributed by atoms with Crippen LogP contribution in [0.5, 0.6) is 0 Å². The number of amidine groups is 1. The lowest BCUT2D eigenvalue weighted by Crippen LogP contribution is -3.00. The lowest BCUT2D eigenvalue weighted by molar-refractivity contribution is -0.466. The van der Waals surface area contributed by atoms with Gasteiger partial charge in [0.05, 0.1) is 28.2 Å². The number of thioether (sulfide) groups is 1. The van der Waals surface area contributed by atoms with E-state index in [4.69, 9.17) is 0 Å². The monoisotopic (exact) mass is 196 g/mol. The molecule has 0 spiro atoms. The Labute approximate surface area is 80.1 Å². The maximum Gasteiger partial charge on any atom is 0.307 e. The molecule has 0 bridgehead atoms. The second-order valence-corrected chi connectivity index (χ2v) is 3.74. The summed E-state index contributed by atoms with van der Waals surface area (Å²) in [6.45, 7) is 2.16. The highest BCUT2D eigenvalue weighted by atomic mass is 35.5. The molecule has 0 aliphatic carbocycles. The normalized spacial score (nSPS) is 8.45. The Kier molecular flexibility index (Phi) is 8.46. The minimum Gasteiger partial charge on any atom is -1.00 e. The molecular weight excluding hydrogens is 180 g/mol. The van der Waals surface area contributed by atoms with Crippen LogP contribution in [0.25, 0.3) is 0 Å². The molecule has 0 aromatic rings. The van der Waals surface area contributed by atoms with Crippen molar-refractivity contribution in [2.24, 2.45) is 0 Å². The van der Waals surface area contributed by atoms with Crippen molar-refractivity contribution in [3.63, 3.8) is 0 Å². The Morgan fingerprint density at radius 3 is 1.91 bits per heavy atom. The van der Waals surface area contributed by atoms with Gasteiger partial charge >= 0.3 is 5.17 Å². The zero-order chi connectivity index (χ0) is 8.15. The lowest BCUT2D eigenvalue weighted by Gasteiger charge is -2.08. The SMILES string of the molecule is CCSC(N(C)C)=[N+](C)C.[Cl-]. The van der Waals surface area contributed by atoms with E-state index < -0.39 is 0 Å². The number of rotatable bonds is 1. The van der Waals surface area contributed by atoms with E-state index in [1.54, 1.807) is 0 Å². The van der Waals surface area contributed by atoms with Crippen molar-refractivity contribution in [1.82, 2.24) is 4.90 Å². The quantitative estimate of drug-likeness (QED) is 0.270. The maximum atomic E-state index is 2.16. The zero-order valence-corrected chi connectivity index (χ0v) is 9.46. The molecular formula is C7H17ClN2S. The predicted molar refractivity (Wildman–Crippen MR) is 48.9 cm³/mol. The van der Waals surface area contributed by atoms with Gasteiger partial charge < -0.3 is 12.4 Å². The van der Waals surface area contributed by atoms with E-state index in [9.17, 15) is 0 Å². The highest BCUT2D eigenvalue weighted by molar-refractivity contribution is 8.13. The third-order valence-corrected chi connectivity index (χ3v) is 2.32. The van der Waals surface area contributed by atoms with Crippen LogP contribution in [0.4, 0.5) is 0 Å². The summed E-state index contributed by atoms with van der Waals surface area (Å²) in [5.74, 6) is 1.13. The van der Waals surface area contributed by atoms with Crippen molar-refractivity contribution in [2.75, 3.05) is 33.9 Å². The van der Waals surface area contributed by atoms with Crippen LogP contribution >= 0.6 is 11.8 Å². The second-order valence-electron chi connectivity index (χ2n) is 2.50. The molecule has 0 N–H and O–H groups in total. The number of halogens is 1. The maximum absolute atomic E-state index is 2.16. The molecule has 0 unspecified atom stereocenters. The molecule has 0 radical (unpaired) electrons. The van der Waals surface area contributed by atoms with Crippen LogP contribution in [0.2, 0.25) is 0 Å². The van der Waals surface area contributed by atoms with Crippen molar-refractivity contribution < 1.29 is 17.0 Å². The molecule has 0 aliphatic heterocycles. The fraction of sp³-hybridized carbons (Fsp3) is 0.857. The van der Waals surface area contributed by atoms with E-state index >= 15 is 0 Å². The summed E-state index contributed by atoms with van der Waals surface area (Å²) < 4.78 is 2.13. The molecule has 0 saturated heterocycles. The number of nitrogens with zero attached hydrogens (tertiary/aromatic N) is 2. The molecule has 0 aromatic heterocycles. The molecule has 0 aliphatic rings. The highest BCUT2D eigenvalue weighted by Gasteiger charge is 2.09. The molecule has 0 aromatic carbocycles. The van der Waals surface area contributed by atoms with E-state index in [1.165, 1.54) is 5.17 Å². The van der Waals surface area contributed by atoms with Gasteiger partial charge in [-0.2, -0.15) is 0 Å². The van der Waals surface area contributed by atoms with E-state index in [-0.39, 0.29) is 12.4 Å². The van der Waals surface area contributed by atoms with Crippen molar-refractivity contribution >= 4 is 16.9 Å². The summed E-state index contributed by atoms with van der Waals surface area (Å²) in [7, 11) is 8.27. The van der Waals surface area contributed by atoms with Gasteiger partial charge in [-0.1, -0.05) is 6.92 Å². The van der Waals surface area contributed by atoms with Crippen LogP contribution in [0.15, 0.2) is 0 Å². The molecule has 0 fully saturated rings. The Morgan fingerprint density at radius 2 is 1.82 bits per heavy atom. The standard InChI is InChI=1S/C7H17N2S.ClH/c1-6-10-7(8(2)3)9(4)5;/h6H2,1-5H3;1H/q+1;/p-1.